The number of hydrogen-bond donors (Lipinski definition) is 1. The molecule has 3 nitrogen and oxygen atoms in total. The van der Waals surface area contributed by atoms with E-state index in [4.69, 9.17) is 0 Å². The largest absolute Gasteiger partial charge is 0.379 e. The van der Waals surface area contributed by atoms with Crippen molar-refractivity contribution in [3.8, 4) is 0 Å². The zero-order valence-corrected chi connectivity index (χ0v) is 4.13. The van der Waals surface area contributed by atoms with Crippen molar-refractivity contribution in [3.63, 3.8) is 0 Å². The van der Waals surface area contributed by atoms with Crippen molar-refractivity contribution < 1.29 is 9.63 Å². The van der Waals surface area contributed by atoms with Gasteiger partial charge in [-0.1, -0.05) is 0 Å². The van der Waals surface area contributed by atoms with Gasteiger partial charge >= 0.3 is 0 Å². The number of carbonyl (C=O) groups excluding carboxylic acids is 1. The smallest absolute Gasteiger partial charge is 0.194 e. The Morgan fingerprint density at radius 1 is 1.75 bits per heavy atom. The van der Waals surface area contributed by atoms with Crippen LogP contribution in [0.5, 0.6) is 0 Å². The van der Waals surface area contributed by atoms with Crippen LogP contribution in [-0.2, 0) is 9.63 Å². The quantitative estimate of drug-likeness (QED) is 0.488. The second-order valence-corrected chi connectivity index (χ2v) is 1.27. The van der Waals surface area contributed by atoms with Gasteiger partial charge in [0, 0.05) is 6.20 Å². The molecular formula is C5H5NO2. The van der Waals surface area contributed by atoms with Crippen molar-refractivity contribution in [3.05, 3.63) is 24.1 Å². The summed E-state index contributed by atoms with van der Waals surface area (Å²) >= 11 is 0. The summed E-state index contributed by atoms with van der Waals surface area (Å²) in [7, 11) is 0. The van der Waals surface area contributed by atoms with Gasteiger partial charge in [0.15, 0.2) is 12.0 Å². The fourth-order valence-electron chi connectivity index (χ4n) is 0.382. The topological polar surface area (TPSA) is 38.3 Å². The molecule has 1 rings (SSSR count). The summed E-state index contributed by atoms with van der Waals surface area (Å²) in [5, 5.41) is 0. The van der Waals surface area contributed by atoms with E-state index in [1.807, 2.05) is 0 Å². The van der Waals surface area contributed by atoms with Gasteiger partial charge in [-0.3, -0.25) is 4.79 Å². The van der Waals surface area contributed by atoms with Crippen molar-refractivity contribution in [2.75, 3.05) is 0 Å². The maximum Gasteiger partial charge on any atom is 0.194 e. The van der Waals surface area contributed by atoms with Crippen molar-refractivity contribution in [2.45, 2.75) is 0 Å². The lowest BCUT2D eigenvalue weighted by Crippen LogP contribution is -2.09. The van der Waals surface area contributed by atoms with Crippen LogP contribution in [0.3, 0.4) is 0 Å². The Kier molecular flexibility index (Phi) is 1.32. The number of allylic oxidation sites excluding steroid dienone is 3. The molecule has 0 aromatic carbocycles. The second-order valence-electron chi connectivity index (χ2n) is 1.27. The predicted molar refractivity (Wildman–Crippen MR) is 27.5 cm³/mol. The molecule has 0 bridgehead atoms. The summed E-state index contributed by atoms with van der Waals surface area (Å²) in [6, 6.07) is 0. The van der Waals surface area contributed by atoms with Gasteiger partial charge in [-0.05, 0) is 12.2 Å². The van der Waals surface area contributed by atoms with E-state index >= 15 is 0 Å². The van der Waals surface area contributed by atoms with Crippen LogP contribution in [-0.4, -0.2) is 6.29 Å². The number of hydrogen-bond acceptors (Lipinski definition) is 3. The molecule has 0 radical (unpaired) electrons. The lowest BCUT2D eigenvalue weighted by atomic mass is 10.4. The molecule has 0 saturated carbocycles. The summed E-state index contributed by atoms with van der Waals surface area (Å²) in [6.45, 7) is 0. The van der Waals surface area contributed by atoms with Crippen LogP contribution in [0, 0.1) is 0 Å². The first-order chi connectivity index (χ1) is 3.93. The molecule has 1 aliphatic rings. The summed E-state index contributed by atoms with van der Waals surface area (Å²) in [4.78, 5) is 14.5. The van der Waals surface area contributed by atoms with Crippen LogP contribution in [0.15, 0.2) is 24.1 Å². The zero-order chi connectivity index (χ0) is 5.82. The minimum Gasteiger partial charge on any atom is -0.379 e. The second kappa shape index (κ2) is 2.16. The molecule has 0 aromatic rings. The number of rotatable bonds is 1. The van der Waals surface area contributed by atoms with E-state index < -0.39 is 0 Å². The van der Waals surface area contributed by atoms with E-state index in [0.29, 0.717) is 12.0 Å². The van der Waals surface area contributed by atoms with Crippen LogP contribution >= 0.6 is 0 Å². The Hall–Kier alpha value is -1.25. The van der Waals surface area contributed by atoms with Crippen molar-refractivity contribution in [1.82, 2.24) is 5.48 Å². The molecule has 8 heavy (non-hydrogen) atoms. The van der Waals surface area contributed by atoms with Crippen LogP contribution in [0.2, 0.25) is 0 Å². The molecule has 1 aliphatic heterocycles. The molecule has 1 N–H and O–H groups in total. The lowest BCUT2D eigenvalue weighted by Gasteiger charge is -2.04. The normalized spacial score (nSPS) is 15.8. The summed E-state index contributed by atoms with van der Waals surface area (Å²) in [6.07, 6.45) is 5.49. The van der Waals surface area contributed by atoms with Crippen LogP contribution in [0.25, 0.3) is 0 Å². The van der Waals surface area contributed by atoms with Crippen LogP contribution in [0.4, 0.5) is 0 Å². The van der Waals surface area contributed by atoms with Gasteiger partial charge in [0.05, 0.1) is 0 Å². The van der Waals surface area contributed by atoms with Gasteiger partial charge in [0.2, 0.25) is 0 Å². The molecule has 0 unspecified atom stereocenters. The van der Waals surface area contributed by atoms with E-state index in [2.05, 4.69) is 10.3 Å². The molecule has 0 atom stereocenters. The summed E-state index contributed by atoms with van der Waals surface area (Å²) in [5.41, 5.74) is 2.41. The van der Waals surface area contributed by atoms with E-state index in [0.717, 1.165) is 0 Å². The Morgan fingerprint density at radius 2 is 2.62 bits per heavy atom. The van der Waals surface area contributed by atoms with Gasteiger partial charge < -0.3 is 4.84 Å². The molecular weight excluding hydrogens is 106 g/mol. The van der Waals surface area contributed by atoms with Gasteiger partial charge in [-0.25, -0.2) is 5.48 Å². The number of hydroxylamine groups is 1. The Morgan fingerprint density at radius 3 is 3.00 bits per heavy atom. The molecule has 1 heterocycles. The Bertz CT molecular complexity index is 149. The maximum absolute atomic E-state index is 9.89. The first-order valence-electron chi connectivity index (χ1n) is 2.18. The first-order valence-corrected chi connectivity index (χ1v) is 2.18. The minimum atomic E-state index is 0.299. The predicted octanol–water partition coefficient (Wildman–Crippen LogP) is 0.118. The van der Waals surface area contributed by atoms with Gasteiger partial charge in [0.25, 0.3) is 0 Å². The number of aldehydes is 1. The van der Waals surface area contributed by atoms with Crippen LogP contribution in [0.1, 0.15) is 0 Å². The molecule has 0 amide bonds. The standard InChI is InChI=1S/C5H5NO2/c7-4-5-2-1-3-6-8-5/h1-4,6H. The molecule has 0 saturated heterocycles. The molecule has 42 valence electrons. The fraction of sp³-hybridized carbons (Fsp3) is 0. The molecule has 3 heteroatoms. The molecule has 0 aliphatic carbocycles. The minimum absolute atomic E-state index is 0.299. The van der Waals surface area contributed by atoms with E-state index in [-0.39, 0.29) is 0 Å². The fourth-order valence-corrected chi connectivity index (χ4v) is 0.382. The van der Waals surface area contributed by atoms with Crippen molar-refractivity contribution in [1.29, 1.82) is 0 Å². The van der Waals surface area contributed by atoms with E-state index in [9.17, 15) is 4.79 Å². The van der Waals surface area contributed by atoms with Crippen LogP contribution < -0.4 is 5.48 Å². The Balaban J connectivity index is 2.63. The van der Waals surface area contributed by atoms with Crippen molar-refractivity contribution >= 4 is 6.29 Å². The highest BCUT2D eigenvalue weighted by atomic mass is 16.6. The monoisotopic (exact) mass is 111 g/mol. The third-order valence-corrected chi connectivity index (χ3v) is 0.718. The SMILES string of the molecule is O=CC1=CC=CNO1. The van der Waals surface area contributed by atoms with Gasteiger partial charge in [0.1, 0.15) is 0 Å². The third-order valence-electron chi connectivity index (χ3n) is 0.718. The third kappa shape index (κ3) is 0.872. The average Bonchev–Trinajstić information content (AvgIpc) is 1.90. The average molecular weight is 111 g/mol. The first kappa shape index (κ1) is 4.90. The summed E-state index contributed by atoms with van der Waals surface area (Å²) in [5.74, 6) is 0.299. The number of carbonyl (C=O) groups is 1. The highest BCUT2D eigenvalue weighted by Gasteiger charge is 1.93. The van der Waals surface area contributed by atoms with Crippen molar-refractivity contribution in [2.24, 2.45) is 0 Å². The molecule has 0 spiro atoms. The highest BCUT2D eigenvalue weighted by Crippen LogP contribution is 1.94. The van der Waals surface area contributed by atoms with E-state index in [1.165, 1.54) is 0 Å². The van der Waals surface area contributed by atoms with E-state index in [1.54, 1.807) is 18.4 Å². The Labute approximate surface area is 46.6 Å². The zero-order valence-electron chi connectivity index (χ0n) is 4.13. The molecule has 0 fully saturated rings. The maximum atomic E-state index is 9.89. The highest BCUT2D eigenvalue weighted by molar-refractivity contribution is 5.70. The van der Waals surface area contributed by atoms with Gasteiger partial charge in [-0.15, -0.1) is 0 Å². The lowest BCUT2D eigenvalue weighted by molar-refractivity contribution is -0.108. The van der Waals surface area contributed by atoms with Gasteiger partial charge in [-0.2, -0.15) is 0 Å². The summed E-state index contributed by atoms with van der Waals surface area (Å²) < 4.78 is 0. The number of nitrogens with one attached hydrogen (secondary N) is 1. The molecule has 0 aromatic heterocycles.